The van der Waals surface area contributed by atoms with E-state index in [1.54, 1.807) is 24.5 Å². The summed E-state index contributed by atoms with van der Waals surface area (Å²) >= 11 is 5.97. The van der Waals surface area contributed by atoms with Crippen LogP contribution in [0, 0.1) is 0 Å². The second-order valence-electron chi connectivity index (χ2n) is 5.76. The Morgan fingerprint density at radius 3 is 2.93 bits per heavy atom. The lowest BCUT2D eigenvalue weighted by molar-refractivity contribution is -0.0504. The lowest BCUT2D eigenvalue weighted by Crippen LogP contribution is -2.37. The van der Waals surface area contributed by atoms with E-state index in [9.17, 15) is 8.78 Å². The molecule has 0 spiro atoms. The molecule has 8 nitrogen and oxygen atoms in total. The third kappa shape index (κ3) is 5.92. The van der Waals surface area contributed by atoms with Crippen LogP contribution in [0.2, 0.25) is 5.02 Å². The third-order valence-corrected chi connectivity index (χ3v) is 3.92. The van der Waals surface area contributed by atoms with Crippen molar-refractivity contribution >= 4 is 17.6 Å². The number of aromatic amines is 1. The van der Waals surface area contributed by atoms with Gasteiger partial charge in [0, 0.05) is 17.1 Å². The highest BCUT2D eigenvalue weighted by Crippen LogP contribution is 2.25. The standard InChI is InChI=1S/C18H19ClF2N6O2/c1-2-22-18(23-9-11-8-12(19)5-6-13(11)29-17(20)21)24-10-15-25-16(27-26-15)14-4-3-7-28-14/h3-8,17H,2,9-10H2,1H3,(H2,22,23,24)(H,25,26,27). The first-order chi connectivity index (χ1) is 14.0. The zero-order chi connectivity index (χ0) is 20.6. The van der Waals surface area contributed by atoms with Crippen molar-refractivity contribution in [2.24, 2.45) is 4.99 Å². The van der Waals surface area contributed by atoms with Crippen LogP contribution in [0.5, 0.6) is 5.75 Å². The first kappa shape index (κ1) is 20.6. The van der Waals surface area contributed by atoms with Crippen molar-refractivity contribution in [1.82, 2.24) is 25.8 Å². The third-order valence-electron chi connectivity index (χ3n) is 3.69. The van der Waals surface area contributed by atoms with Crippen molar-refractivity contribution < 1.29 is 17.9 Å². The highest BCUT2D eigenvalue weighted by atomic mass is 35.5. The van der Waals surface area contributed by atoms with Crippen LogP contribution in [-0.2, 0) is 13.1 Å². The Morgan fingerprint density at radius 1 is 1.34 bits per heavy atom. The molecule has 3 N–H and O–H groups in total. The number of nitrogens with zero attached hydrogens (tertiary/aromatic N) is 3. The fourth-order valence-electron chi connectivity index (χ4n) is 2.45. The molecule has 0 atom stereocenters. The van der Waals surface area contributed by atoms with E-state index in [4.69, 9.17) is 16.0 Å². The number of ether oxygens (including phenoxy) is 1. The predicted octanol–water partition coefficient (Wildman–Crippen LogP) is 3.57. The quantitative estimate of drug-likeness (QED) is 0.377. The molecule has 0 fully saturated rings. The summed E-state index contributed by atoms with van der Waals surface area (Å²) < 4.78 is 35.0. The van der Waals surface area contributed by atoms with Crippen LogP contribution in [0.25, 0.3) is 11.6 Å². The van der Waals surface area contributed by atoms with Gasteiger partial charge in [-0.3, -0.25) is 5.10 Å². The van der Waals surface area contributed by atoms with Gasteiger partial charge in [-0.1, -0.05) is 11.6 Å². The van der Waals surface area contributed by atoms with Crippen molar-refractivity contribution in [3.8, 4) is 17.3 Å². The number of aliphatic imine (C=N–C) groups is 1. The van der Waals surface area contributed by atoms with Gasteiger partial charge in [-0.05, 0) is 37.3 Å². The number of guanidine groups is 1. The van der Waals surface area contributed by atoms with Crippen molar-refractivity contribution in [2.75, 3.05) is 6.54 Å². The summed E-state index contributed by atoms with van der Waals surface area (Å²) in [7, 11) is 0. The minimum Gasteiger partial charge on any atom is -0.461 e. The Kier molecular flexibility index (Phi) is 7.01. The average Bonchev–Trinajstić information content (AvgIpc) is 3.37. The molecule has 1 aromatic carbocycles. The van der Waals surface area contributed by atoms with Crippen molar-refractivity contribution in [3.63, 3.8) is 0 Å². The van der Waals surface area contributed by atoms with E-state index in [0.717, 1.165) is 0 Å². The normalized spacial score (nSPS) is 11.7. The maximum absolute atomic E-state index is 12.6. The Balaban J connectivity index is 1.67. The summed E-state index contributed by atoms with van der Waals surface area (Å²) in [5.74, 6) is 2.07. The number of halogens is 3. The van der Waals surface area contributed by atoms with Gasteiger partial charge < -0.3 is 19.8 Å². The smallest absolute Gasteiger partial charge is 0.387 e. The molecular formula is C18H19ClF2N6O2. The number of alkyl halides is 2. The molecule has 0 aliphatic carbocycles. The van der Waals surface area contributed by atoms with Gasteiger partial charge in [-0.15, -0.1) is 5.10 Å². The molecule has 2 aromatic heterocycles. The topological polar surface area (TPSA) is 100 Å². The average molecular weight is 425 g/mol. The molecule has 3 rings (SSSR count). The van der Waals surface area contributed by atoms with E-state index in [1.165, 1.54) is 12.1 Å². The summed E-state index contributed by atoms with van der Waals surface area (Å²) in [5.41, 5.74) is 0.440. The lowest BCUT2D eigenvalue weighted by Gasteiger charge is -2.12. The number of hydrogen-bond donors (Lipinski definition) is 3. The molecule has 0 aliphatic rings. The monoisotopic (exact) mass is 424 g/mol. The van der Waals surface area contributed by atoms with Crippen molar-refractivity contribution in [2.45, 2.75) is 26.6 Å². The van der Waals surface area contributed by atoms with Gasteiger partial charge in [-0.2, -0.15) is 8.78 Å². The summed E-state index contributed by atoms with van der Waals surface area (Å²) in [6.07, 6.45) is 1.54. The SMILES string of the molecule is CCNC(=NCc1cc(Cl)ccc1OC(F)F)NCc1nc(-c2ccco2)n[nH]1. The van der Waals surface area contributed by atoms with Crippen LogP contribution in [0.3, 0.4) is 0 Å². The summed E-state index contributed by atoms with van der Waals surface area (Å²) in [6, 6.07) is 7.93. The maximum atomic E-state index is 12.6. The Morgan fingerprint density at radius 2 is 2.21 bits per heavy atom. The minimum absolute atomic E-state index is 0.0299. The molecule has 0 bridgehead atoms. The molecule has 29 heavy (non-hydrogen) atoms. The molecule has 3 aromatic rings. The van der Waals surface area contributed by atoms with Gasteiger partial charge in [0.25, 0.3) is 0 Å². The van der Waals surface area contributed by atoms with E-state index in [0.29, 0.717) is 47.0 Å². The molecular weight excluding hydrogens is 406 g/mol. The largest absolute Gasteiger partial charge is 0.461 e. The van der Waals surface area contributed by atoms with Crippen molar-refractivity contribution in [1.29, 1.82) is 0 Å². The highest BCUT2D eigenvalue weighted by molar-refractivity contribution is 6.30. The molecule has 0 amide bonds. The molecule has 154 valence electrons. The van der Waals surface area contributed by atoms with E-state index in [2.05, 4.69) is 35.5 Å². The molecule has 2 heterocycles. The van der Waals surface area contributed by atoms with Crippen LogP contribution in [0.1, 0.15) is 18.3 Å². The van der Waals surface area contributed by atoms with Crippen LogP contribution >= 0.6 is 11.6 Å². The molecule has 0 radical (unpaired) electrons. The second kappa shape index (κ2) is 9.87. The van der Waals surface area contributed by atoms with Gasteiger partial charge in [0.2, 0.25) is 5.82 Å². The van der Waals surface area contributed by atoms with Crippen LogP contribution in [0.4, 0.5) is 8.78 Å². The number of hydrogen-bond acceptors (Lipinski definition) is 5. The molecule has 0 aliphatic heterocycles. The summed E-state index contributed by atoms with van der Waals surface area (Å²) in [6.45, 7) is -0.0112. The maximum Gasteiger partial charge on any atom is 0.387 e. The van der Waals surface area contributed by atoms with Crippen molar-refractivity contribution in [3.05, 3.63) is 53.0 Å². The predicted molar refractivity (Wildman–Crippen MR) is 104 cm³/mol. The first-order valence-electron chi connectivity index (χ1n) is 8.75. The van der Waals surface area contributed by atoms with Crippen LogP contribution in [-0.4, -0.2) is 34.3 Å². The zero-order valence-corrected chi connectivity index (χ0v) is 16.2. The highest BCUT2D eigenvalue weighted by Gasteiger charge is 2.11. The first-order valence-corrected chi connectivity index (χ1v) is 9.13. The number of furan rings is 1. The summed E-state index contributed by atoms with van der Waals surface area (Å²) in [4.78, 5) is 8.73. The summed E-state index contributed by atoms with van der Waals surface area (Å²) in [5, 5.41) is 13.5. The van der Waals surface area contributed by atoms with E-state index in [-0.39, 0.29) is 12.3 Å². The van der Waals surface area contributed by atoms with Gasteiger partial charge in [0.1, 0.15) is 11.6 Å². The van der Waals surface area contributed by atoms with E-state index in [1.807, 2.05) is 6.92 Å². The van der Waals surface area contributed by atoms with E-state index < -0.39 is 6.61 Å². The Bertz CT molecular complexity index is 946. The number of rotatable bonds is 8. The Labute approximate surface area is 170 Å². The number of nitrogens with one attached hydrogen (secondary N) is 3. The van der Waals surface area contributed by atoms with Gasteiger partial charge in [-0.25, -0.2) is 9.98 Å². The van der Waals surface area contributed by atoms with Crippen LogP contribution < -0.4 is 15.4 Å². The molecule has 0 saturated heterocycles. The minimum atomic E-state index is -2.93. The number of H-pyrrole nitrogens is 1. The van der Waals surface area contributed by atoms with Crippen LogP contribution in [0.15, 0.2) is 46.0 Å². The number of aromatic nitrogens is 3. The van der Waals surface area contributed by atoms with E-state index >= 15 is 0 Å². The molecule has 0 unspecified atom stereocenters. The fraction of sp³-hybridized carbons (Fsp3) is 0.278. The fourth-order valence-corrected chi connectivity index (χ4v) is 2.64. The molecule has 11 heteroatoms. The Hall–Kier alpha value is -3.14. The second-order valence-corrected chi connectivity index (χ2v) is 6.20. The lowest BCUT2D eigenvalue weighted by atomic mass is 10.2. The van der Waals surface area contributed by atoms with Gasteiger partial charge in [0.15, 0.2) is 11.7 Å². The molecule has 0 saturated carbocycles. The zero-order valence-electron chi connectivity index (χ0n) is 15.5. The number of benzene rings is 1. The van der Waals surface area contributed by atoms with Gasteiger partial charge in [0.05, 0.1) is 19.4 Å². The van der Waals surface area contributed by atoms with Gasteiger partial charge >= 0.3 is 6.61 Å².